The standard InChI is InChI=1S/C16H22N2O3/c19-16-14-9-18(7-12(14)10-20-16)8-13-6-15(17-21-13)11-4-2-1-3-5-11/h6,11-12,14H,1-5,7-10H2/t12-,14-/m1/s1. The first-order chi connectivity index (χ1) is 10.3. The highest BCUT2D eigenvalue weighted by molar-refractivity contribution is 5.75. The minimum atomic E-state index is -0.0250. The number of aromatic nitrogens is 1. The van der Waals surface area contributed by atoms with Gasteiger partial charge < -0.3 is 9.26 Å². The monoisotopic (exact) mass is 290 g/mol. The fourth-order valence-electron chi connectivity index (χ4n) is 4.04. The quantitative estimate of drug-likeness (QED) is 0.800. The van der Waals surface area contributed by atoms with Gasteiger partial charge in [0.25, 0.3) is 0 Å². The van der Waals surface area contributed by atoms with E-state index in [1.54, 1.807) is 0 Å². The minimum Gasteiger partial charge on any atom is -0.465 e. The molecular weight excluding hydrogens is 268 g/mol. The fourth-order valence-corrected chi connectivity index (χ4v) is 4.04. The lowest BCUT2D eigenvalue weighted by Crippen LogP contribution is -2.23. The van der Waals surface area contributed by atoms with Gasteiger partial charge in [0.2, 0.25) is 0 Å². The van der Waals surface area contributed by atoms with Crippen LogP contribution in [0.25, 0.3) is 0 Å². The van der Waals surface area contributed by atoms with Crippen molar-refractivity contribution in [3.8, 4) is 0 Å². The molecule has 1 saturated carbocycles. The molecule has 1 aliphatic carbocycles. The molecule has 3 heterocycles. The Kier molecular flexibility index (Phi) is 3.45. The van der Waals surface area contributed by atoms with Crippen LogP contribution in [-0.4, -0.2) is 35.7 Å². The zero-order valence-electron chi connectivity index (χ0n) is 12.3. The molecule has 4 rings (SSSR count). The SMILES string of the molecule is O=C1OC[C@H]2CN(Cc3cc(C4CCCCC4)no3)C[C@@H]12. The second kappa shape index (κ2) is 5.44. The summed E-state index contributed by atoms with van der Waals surface area (Å²) in [5.41, 5.74) is 1.13. The number of carbonyl (C=O) groups is 1. The third-order valence-electron chi connectivity index (χ3n) is 5.24. The molecule has 0 spiro atoms. The summed E-state index contributed by atoms with van der Waals surface area (Å²) in [4.78, 5) is 13.9. The largest absolute Gasteiger partial charge is 0.465 e. The summed E-state index contributed by atoms with van der Waals surface area (Å²) < 4.78 is 10.6. The number of hydrogen-bond acceptors (Lipinski definition) is 5. The van der Waals surface area contributed by atoms with E-state index in [4.69, 9.17) is 9.26 Å². The second-order valence-electron chi connectivity index (χ2n) is 6.74. The van der Waals surface area contributed by atoms with E-state index in [0.717, 1.165) is 31.1 Å². The van der Waals surface area contributed by atoms with Crippen LogP contribution in [0.15, 0.2) is 10.6 Å². The molecular formula is C16H22N2O3. The molecule has 5 heteroatoms. The van der Waals surface area contributed by atoms with E-state index >= 15 is 0 Å². The van der Waals surface area contributed by atoms with Crippen LogP contribution in [0.5, 0.6) is 0 Å². The maximum atomic E-state index is 11.6. The first-order valence-electron chi connectivity index (χ1n) is 8.14. The van der Waals surface area contributed by atoms with Gasteiger partial charge in [-0.25, -0.2) is 0 Å². The van der Waals surface area contributed by atoms with Crippen LogP contribution in [0.2, 0.25) is 0 Å². The van der Waals surface area contributed by atoms with E-state index in [2.05, 4.69) is 16.1 Å². The van der Waals surface area contributed by atoms with Gasteiger partial charge in [-0.15, -0.1) is 0 Å². The van der Waals surface area contributed by atoms with Crippen molar-refractivity contribution in [2.24, 2.45) is 11.8 Å². The molecule has 0 bridgehead atoms. The van der Waals surface area contributed by atoms with Gasteiger partial charge in [-0.05, 0) is 12.8 Å². The number of hydrogen-bond donors (Lipinski definition) is 0. The van der Waals surface area contributed by atoms with Gasteiger partial charge >= 0.3 is 5.97 Å². The van der Waals surface area contributed by atoms with E-state index in [-0.39, 0.29) is 11.9 Å². The Morgan fingerprint density at radius 1 is 1.24 bits per heavy atom. The topological polar surface area (TPSA) is 55.6 Å². The minimum absolute atomic E-state index is 0.0250. The van der Waals surface area contributed by atoms with E-state index in [1.165, 1.54) is 32.1 Å². The van der Waals surface area contributed by atoms with Crippen molar-refractivity contribution in [3.05, 3.63) is 17.5 Å². The summed E-state index contributed by atoms with van der Waals surface area (Å²) in [6.45, 7) is 3.07. The molecule has 1 aromatic rings. The predicted octanol–water partition coefficient (Wildman–Crippen LogP) is 2.33. The van der Waals surface area contributed by atoms with Gasteiger partial charge in [0, 0.05) is 31.0 Å². The maximum Gasteiger partial charge on any atom is 0.310 e. The van der Waals surface area contributed by atoms with E-state index in [1.807, 2.05) is 0 Å². The normalized spacial score (nSPS) is 30.6. The van der Waals surface area contributed by atoms with Gasteiger partial charge in [-0.3, -0.25) is 9.69 Å². The second-order valence-corrected chi connectivity index (χ2v) is 6.74. The summed E-state index contributed by atoms with van der Waals surface area (Å²) >= 11 is 0. The van der Waals surface area contributed by atoms with Gasteiger partial charge in [-0.1, -0.05) is 24.4 Å². The molecule has 0 unspecified atom stereocenters. The molecule has 21 heavy (non-hydrogen) atoms. The molecule has 2 saturated heterocycles. The summed E-state index contributed by atoms with van der Waals surface area (Å²) in [7, 11) is 0. The maximum absolute atomic E-state index is 11.6. The molecule has 2 atom stereocenters. The number of cyclic esters (lactones) is 1. The van der Waals surface area contributed by atoms with E-state index < -0.39 is 0 Å². The van der Waals surface area contributed by atoms with E-state index in [9.17, 15) is 4.79 Å². The van der Waals surface area contributed by atoms with Crippen molar-refractivity contribution in [2.75, 3.05) is 19.7 Å². The number of fused-ring (bicyclic) bond motifs is 1. The van der Waals surface area contributed by atoms with Crippen molar-refractivity contribution < 1.29 is 14.1 Å². The highest BCUT2D eigenvalue weighted by Gasteiger charge is 2.44. The Morgan fingerprint density at radius 3 is 2.90 bits per heavy atom. The smallest absolute Gasteiger partial charge is 0.310 e. The van der Waals surface area contributed by atoms with Crippen LogP contribution in [-0.2, 0) is 16.1 Å². The number of carbonyl (C=O) groups excluding carboxylic acids is 1. The molecule has 0 N–H and O–H groups in total. The molecule has 5 nitrogen and oxygen atoms in total. The molecule has 2 aliphatic heterocycles. The lowest BCUT2D eigenvalue weighted by atomic mass is 9.87. The Morgan fingerprint density at radius 2 is 2.10 bits per heavy atom. The number of likely N-dealkylation sites (tertiary alicyclic amines) is 1. The van der Waals surface area contributed by atoms with Gasteiger partial charge in [-0.2, -0.15) is 0 Å². The van der Waals surface area contributed by atoms with Crippen LogP contribution in [0, 0.1) is 11.8 Å². The van der Waals surface area contributed by atoms with Crippen LogP contribution in [0.1, 0.15) is 49.5 Å². The molecule has 0 amide bonds. The lowest BCUT2D eigenvalue weighted by molar-refractivity contribution is -0.141. The molecule has 0 radical (unpaired) electrons. The lowest BCUT2D eigenvalue weighted by Gasteiger charge is -2.18. The molecule has 3 fully saturated rings. The van der Waals surface area contributed by atoms with Crippen molar-refractivity contribution in [3.63, 3.8) is 0 Å². The summed E-state index contributed by atoms with van der Waals surface area (Å²) in [5.74, 6) is 1.94. The van der Waals surface area contributed by atoms with Crippen LogP contribution < -0.4 is 0 Å². The number of esters is 1. The predicted molar refractivity (Wildman–Crippen MR) is 75.5 cm³/mol. The average Bonchev–Trinajstić information content (AvgIpc) is 3.19. The Bertz CT molecular complexity index is 521. The van der Waals surface area contributed by atoms with E-state index in [0.29, 0.717) is 18.4 Å². The molecule has 114 valence electrons. The number of rotatable bonds is 3. The summed E-state index contributed by atoms with van der Waals surface area (Å²) in [5, 5.41) is 4.28. The molecule has 0 aromatic carbocycles. The summed E-state index contributed by atoms with van der Waals surface area (Å²) in [6.07, 6.45) is 6.46. The summed E-state index contributed by atoms with van der Waals surface area (Å²) in [6, 6.07) is 2.13. The van der Waals surface area contributed by atoms with Crippen LogP contribution in [0.3, 0.4) is 0 Å². The first-order valence-corrected chi connectivity index (χ1v) is 8.14. The van der Waals surface area contributed by atoms with Gasteiger partial charge in [0.1, 0.15) is 0 Å². The Balaban J connectivity index is 1.37. The van der Waals surface area contributed by atoms with Gasteiger partial charge in [0.15, 0.2) is 5.76 Å². The fraction of sp³-hybridized carbons (Fsp3) is 0.750. The molecule has 3 aliphatic rings. The zero-order chi connectivity index (χ0) is 14.2. The number of ether oxygens (including phenoxy) is 1. The Hall–Kier alpha value is -1.36. The molecule has 1 aromatic heterocycles. The van der Waals surface area contributed by atoms with Crippen molar-refractivity contribution in [1.29, 1.82) is 0 Å². The van der Waals surface area contributed by atoms with Gasteiger partial charge in [0.05, 0.1) is 24.8 Å². The zero-order valence-corrected chi connectivity index (χ0v) is 12.3. The Labute approximate surface area is 124 Å². The van der Waals surface area contributed by atoms with Crippen molar-refractivity contribution in [1.82, 2.24) is 10.1 Å². The first kappa shape index (κ1) is 13.3. The van der Waals surface area contributed by atoms with Crippen LogP contribution in [0.4, 0.5) is 0 Å². The highest BCUT2D eigenvalue weighted by Crippen LogP contribution is 2.34. The van der Waals surface area contributed by atoms with Crippen molar-refractivity contribution in [2.45, 2.75) is 44.6 Å². The van der Waals surface area contributed by atoms with Crippen LogP contribution >= 0.6 is 0 Å². The third-order valence-corrected chi connectivity index (χ3v) is 5.24. The van der Waals surface area contributed by atoms with Crippen molar-refractivity contribution >= 4 is 5.97 Å². The average molecular weight is 290 g/mol. The highest BCUT2D eigenvalue weighted by atomic mass is 16.5. The third kappa shape index (κ3) is 2.59. The number of nitrogens with zero attached hydrogens (tertiary/aromatic N) is 2.